The third-order valence-electron chi connectivity index (χ3n) is 3.49. The molecular weight excluding hydrogens is 258 g/mol. The molecule has 106 valence electrons. The predicted molar refractivity (Wildman–Crippen MR) is 89.3 cm³/mol. The summed E-state index contributed by atoms with van der Waals surface area (Å²) in [5, 5.41) is 5.58. The Labute approximate surface area is 124 Å². The molecular formula is C18H19N3. The van der Waals surface area contributed by atoms with Crippen molar-refractivity contribution < 1.29 is 0 Å². The Kier molecular flexibility index (Phi) is 3.34. The molecule has 0 fully saturated rings. The minimum atomic E-state index is 1.03. The van der Waals surface area contributed by atoms with Gasteiger partial charge in [0.05, 0.1) is 11.2 Å². The molecule has 0 N–H and O–H groups in total. The highest BCUT2D eigenvalue weighted by Gasteiger charge is 2.04. The maximum Gasteiger partial charge on any atom is 0.0923 e. The fourth-order valence-corrected chi connectivity index (χ4v) is 2.53. The molecule has 0 aliphatic rings. The maximum atomic E-state index is 4.55. The van der Waals surface area contributed by atoms with E-state index in [1.165, 1.54) is 22.1 Å². The predicted octanol–water partition coefficient (Wildman–Crippen LogP) is 4.66. The number of hydrogen-bond acceptors (Lipinski definition) is 2. The van der Waals surface area contributed by atoms with Gasteiger partial charge in [0.1, 0.15) is 0 Å². The van der Waals surface area contributed by atoms with Crippen LogP contribution in [-0.2, 0) is 7.05 Å². The van der Waals surface area contributed by atoms with Crippen LogP contribution in [-0.4, -0.2) is 15.5 Å². The minimum absolute atomic E-state index is 1.03. The highest BCUT2D eigenvalue weighted by molar-refractivity contribution is 5.85. The first kappa shape index (κ1) is 13.6. The van der Waals surface area contributed by atoms with E-state index in [2.05, 4.69) is 53.4 Å². The molecule has 0 amide bonds. The lowest BCUT2D eigenvalue weighted by atomic mass is 10.0. The number of aliphatic imine (C=N–C) groups is 1. The van der Waals surface area contributed by atoms with Gasteiger partial charge in [-0.1, -0.05) is 12.1 Å². The van der Waals surface area contributed by atoms with Crippen molar-refractivity contribution in [1.29, 1.82) is 0 Å². The molecule has 3 heteroatoms. The fraction of sp³-hybridized carbons (Fsp3) is 0.222. The average Bonchev–Trinajstić information content (AvgIpc) is 2.79. The van der Waals surface area contributed by atoms with Gasteiger partial charge in [0.25, 0.3) is 0 Å². The number of rotatable bonds is 2. The van der Waals surface area contributed by atoms with Crippen molar-refractivity contribution in [2.45, 2.75) is 20.8 Å². The normalized spacial score (nSPS) is 10.9. The average molecular weight is 277 g/mol. The summed E-state index contributed by atoms with van der Waals surface area (Å²) in [5.41, 5.74) is 6.76. The van der Waals surface area contributed by atoms with E-state index in [1.807, 2.05) is 31.8 Å². The van der Waals surface area contributed by atoms with Crippen LogP contribution in [0.15, 0.2) is 47.6 Å². The van der Waals surface area contributed by atoms with Crippen LogP contribution < -0.4 is 0 Å². The molecule has 0 aliphatic carbocycles. The molecule has 21 heavy (non-hydrogen) atoms. The largest absolute Gasteiger partial charge is 0.275 e. The van der Waals surface area contributed by atoms with Crippen LogP contribution in [0.3, 0.4) is 0 Å². The number of aryl methyl sites for hydroxylation is 2. The van der Waals surface area contributed by atoms with Gasteiger partial charge in [0, 0.05) is 24.3 Å². The van der Waals surface area contributed by atoms with Gasteiger partial charge in [0.2, 0.25) is 0 Å². The lowest BCUT2D eigenvalue weighted by Gasteiger charge is -2.06. The van der Waals surface area contributed by atoms with Crippen LogP contribution in [0, 0.1) is 6.92 Å². The molecule has 0 saturated carbocycles. The first-order chi connectivity index (χ1) is 10.0. The van der Waals surface area contributed by atoms with Gasteiger partial charge < -0.3 is 0 Å². The van der Waals surface area contributed by atoms with Crippen LogP contribution >= 0.6 is 0 Å². The van der Waals surface area contributed by atoms with Crippen molar-refractivity contribution >= 4 is 22.3 Å². The van der Waals surface area contributed by atoms with Gasteiger partial charge in [-0.3, -0.25) is 9.67 Å². The van der Waals surface area contributed by atoms with Crippen molar-refractivity contribution in [3.8, 4) is 11.1 Å². The number of aromatic nitrogens is 2. The standard InChI is InChI=1S/C18H19N3/c1-12(2)19-17-7-5-14(9-13(17)3)15-6-8-18-16(10-15)11-21(4)20-18/h5-11H,1-4H3. The van der Waals surface area contributed by atoms with Crippen molar-refractivity contribution in [2.75, 3.05) is 0 Å². The van der Waals surface area contributed by atoms with E-state index in [0.29, 0.717) is 0 Å². The van der Waals surface area contributed by atoms with E-state index in [4.69, 9.17) is 0 Å². The lowest BCUT2D eigenvalue weighted by molar-refractivity contribution is 0.780. The van der Waals surface area contributed by atoms with E-state index < -0.39 is 0 Å². The molecule has 2 aromatic carbocycles. The third kappa shape index (κ3) is 2.72. The molecule has 3 rings (SSSR count). The first-order valence-corrected chi connectivity index (χ1v) is 7.09. The summed E-state index contributed by atoms with van der Waals surface area (Å²) in [7, 11) is 1.95. The summed E-state index contributed by atoms with van der Waals surface area (Å²) in [4.78, 5) is 4.55. The Hall–Kier alpha value is -2.42. The highest BCUT2D eigenvalue weighted by Crippen LogP contribution is 2.28. The van der Waals surface area contributed by atoms with E-state index in [9.17, 15) is 0 Å². The van der Waals surface area contributed by atoms with Gasteiger partial charge in [-0.05, 0) is 61.7 Å². The lowest BCUT2D eigenvalue weighted by Crippen LogP contribution is -1.84. The third-order valence-corrected chi connectivity index (χ3v) is 3.49. The van der Waals surface area contributed by atoms with Crippen molar-refractivity contribution in [1.82, 2.24) is 9.78 Å². The number of fused-ring (bicyclic) bond motifs is 1. The molecule has 0 bridgehead atoms. The monoisotopic (exact) mass is 277 g/mol. The second-order valence-electron chi connectivity index (χ2n) is 5.64. The summed E-state index contributed by atoms with van der Waals surface area (Å²) >= 11 is 0. The van der Waals surface area contributed by atoms with Gasteiger partial charge in [0.15, 0.2) is 0 Å². The topological polar surface area (TPSA) is 30.2 Å². The van der Waals surface area contributed by atoms with Gasteiger partial charge >= 0.3 is 0 Å². The summed E-state index contributed by atoms with van der Waals surface area (Å²) in [6.45, 7) is 6.14. The van der Waals surface area contributed by atoms with Gasteiger partial charge in [-0.25, -0.2) is 0 Å². The van der Waals surface area contributed by atoms with Crippen molar-refractivity contribution in [2.24, 2.45) is 12.0 Å². The molecule has 0 aliphatic heterocycles. The van der Waals surface area contributed by atoms with Crippen LogP contribution in [0.25, 0.3) is 22.0 Å². The number of hydrogen-bond donors (Lipinski definition) is 0. The molecule has 0 atom stereocenters. The zero-order valence-electron chi connectivity index (χ0n) is 12.9. The highest BCUT2D eigenvalue weighted by atomic mass is 15.2. The molecule has 0 spiro atoms. The van der Waals surface area contributed by atoms with E-state index in [0.717, 1.165) is 16.9 Å². The van der Waals surface area contributed by atoms with Crippen LogP contribution in [0.5, 0.6) is 0 Å². The molecule has 1 aromatic heterocycles. The van der Waals surface area contributed by atoms with Crippen molar-refractivity contribution in [3.05, 3.63) is 48.2 Å². The molecule has 1 heterocycles. The number of nitrogens with zero attached hydrogens (tertiary/aromatic N) is 3. The Morgan fingerprint density at radius 3 is 2.48 bits per heavy atom. The molecule has 0 saturated heterocycles. The van der Waals surface area contributed by atoms with E-state index in [-0.39, 0.29) is 0 Å². The zero-order chi connectivity index (χ0) is 15.0. The summed E-state index contributed by atoms with van der Waals surface area (Å²) in [6.07, 6.45) is 2.05. The molecule has 0 radical (unpaired) electrons. The summed E-state index contributed by atoms with van der Waals surface area (Å²) in [5.74, 6) is 0. The Balaban J connectivity index is 2.05. The molecule has 0 unspecified atom stereocenters. The van der Waals surface area contributed by atoms with Crippen LogP contribution in [0.1, 0.15) is 19.4 Å². The fourth-order valence-electron chi connectivity index (χ4n) is 2.53. The Morgan fingerprint density at radius 2 is 1.76 bits per heavy atom. The Morgan fingerprint density at radius 1 is 1.05 bits per heavy atom. The second kappa shape index (κ2) is 5.17. The van der Waals surface area contributed by atoms with E-state index >= 15 is 0 Å². The smallest absolute Gasteiger partial charge is 0.0923 e. The second-order valence-corrected chi connectivity index (χ2v) is 5.64. The minimum Gasteiger partial charge on any atom is -0.275 e. The number of benzene rings is 2. The zero-order valence-corrected chi connectivity index (χ0v) is 12.9. The summed E-state index contributed by atoms with van der Waals surface area (Å²) < 4.78 is 1.85. The Bertz CT molecular complexity index is 837. The first-order valence-electron chi connectivity index (χ1n) is 7.09. The summed E-state index contributed by atoms with van der Waals surface area (Å²) in [6, 6.07) is 12.8. The maximum absolute atomic E-state index is 4.55. The van der Waals surface area contributed by atoms with Gasteiger partial charge in [-0.15, -0.1) is 0 Å². The quantitative estimate of drug-likeness (QED) is 0.626. The SMILES string of the molecule is CC(C)=Nc1ccc(-c2ccc3nn(C)cc3c2)cc1C. The van der Waals surface area contributed by atoms with Gasteiger partial charge in [-0.2, -0.15) is 5.10 Å². The molecule has 3 nitrogen and oxygen atoms in total. The molecule has 3 aromatic rings. The van der Waals surface area contributed by atoms with Crippen LogP contribution in [0.4, 0.5) is 5.69 Å². The van der Waals surface area contributed by atoms with E-state index in [1.54, 1.807) is 0 Å². The van der Waals surface area contributed by atoms with Crippen LogP contribution in [0.2, 0.25) is 0 Å². The van der Waals surface area contributed by atoms with Crippen molar-refractivity contribution in [3.63, 3.8) is 0 Å².